The van der Waals surface area contributed by atoms with Crippen LogP contribution < -0.4 is 0 Å². The summed E-state index contributed by atoms with van der Waals surface area (Å²) in [5.41, 5.74) is 1.13. The van der Waals surface area contributed by atoms with Crippen molar-refractivity contribution in [3.8, 4) is 0 Å². The standard InChI is InChI=1S/C17H24ClNO/c1-11(2)10-19(12(3)4)17(20)15-9-14(15)13-7-5-6-8-16(13)18/h5-8,11-12,14-15H,9-10H2,1-4H3. The first-order valence-electron chi connectivity index (χ1n) is 7.46. The summed E-state index contributed by atoms with van der Waals surface area (Å²) in [5, 5.41) is 0.785. The molecule has 110 valence electrons. The summed E-state index contributed by atoms with van der Waals surface area (Å²) in [6.45, 7) is 9.32. The Morgan fingerprint density at radius 3 is 2.50 bits per heavy atom. The van der Waals surface area contributed by atoms with E-state index in [4.69, 9.17) is 11.6 Å². The van der Waals surface area contributed by atoms with Crippen molar-refractivity contribution < 1.29 is 4.79 Å². The molecule has 1 aromatic rings. The first-order valence-corrected chi connectivity index (χ1v) is 7.84. The number of amides is 1. The molecular formula is C17H24ClNO. The minimum absolute atomic E-state index is 0.121. The van der Waals surface area contributed by atoms with Crippen LogP contribution in [-0.4, -0.2) is 23.4 Å². The van der Waals surface area contributed by atoms with E-state index in [9.17, 15) is 4.79 Å². The predicted octanol–water partition coefficient (Wildman–Crippen LogP) is 4.34. The molecule has 0 spiro atoms. The molecule has 3 heteroatoms. The minimum Gasteiger partial charge on any atom is -0.340 e. The molecule has 1 saturated carbocycles. The fourth-order valence-corrected chi connectivity index (χ4v) is 3.02. The largest absolute Gasteiger partial charge is 0.340 e. The van der Waals surface area contributed by atoms with Gasteiger partial charge in [-0.1, -0.05) is 43.6 Å². The van der Waals surface area contributed by atoms with Crippen LogP contribution in [0.2, 0.25) is 5.02 Å². The fraction of sp³-hybridized carbons (Fsp3) is 0.588. The van der Waals surface area contributed by atoms with E-state index in [0.717, 1.165) is 23.6 Å². The number of hydrogen-bond acceptors (Lipinski definition) is 1. The summed E-state index contributed by atoms with van der Waals surface area (Å²) in [4.78, 5) is 14.7. The molecule has 2 unspecified atom stereocenters. The van der Waals surface area contributed by atoms with Gasteiger partial charge >= 0.3 is 0 Å². The van der Waals surface area contributed by atoms with Gasteiger partial charge in [-0.2, -0.15) is 0 Å². The number of benzene rings is 1. The van der Waals surface area contributed by atoms with Crippen molar-refractivity contribution in [2.24, 2.45) is 11.8 Å². The van der Waals surface area contributed by atoms with Gasteiger partial charge in [0.25, 0.3) is 0 Å². The molecule has 2 nitrogen and oxygen atoms in total. The fourth-order valence-electron chi connectivity index (χ4n) is 2.75. The Morgan fingerprint density at radius 2 is 1.95 bits per heavy atom. The summed E-state index contributed by atoms with van der Waals surface area (Å²) >= 11 is 6.23. The van der Waals surface area contributed by atoms with E-state index in [1.54, 1.807) is 0 Å². The average Bonchev–Trinajstić information content (AvgIpc) is 3.15. The Bertz CT molecular complexity index is 484. The van der Waals surface area contributed by atoms with E-state index in [-0.39, 0.29) is 12.0 Å². The van der Waals surface area contributed by atoms with Crippen LogP contribution in [0, 0.1) is 11.8 Å². The summed E-state index contributed by atoms with van der Waals surface area (Å²) in [5.74, 6) is 1.22. The van der Waals surface area contributed by atoms with Gasteiger partial charge in [0.15, 0.2) is 0 Å². The van der Waals surface area contributed by atoms with Gasteiger partial charge in [-0.05, 0) is 43.7 Å². The van der Waals surface area contributed by atoms with E-state index in [0.29, 0.717) is 17.7 Å². The molecule has 1 aromatic carbocycles. The maximum Gasteiger partial charge on any atom is 0.226 e. The van der Waals surface area contributed by atoms with Crippen molar-refractivity contribution in [2.45, 2.75) is 46.1 Å². The lowest BCUT2D eigenvalue weighted by Gasteiger charge is -2.29. The molecule has 1 aliphatic carbocycles. The zero-order chi connectivity index (χ0) is 14.9. The normalized spacial score (nSPS) is 21.4. The van der Waals surface area contributed by atoms with Crippen LogP contribution in [0.25, 0.3) is 0 Å². The Morgan fingerprint density at radius 1 is 1.30 bits per heavy atom. The van der Waals surface area contributed by atoms with E-state index < -0.39 is 0 Å². The topological polar surface area (TPSA) is 20.3 Å². The molecule has 0 heterocycles. The lowest BCUT2D eigenvalue weighted by Crippen LogP contribution is -2.40. The third kappa shape index (κ3) is 3.35. The highest BCUT2D eigenvalue weighted by atomic mass is 35.5. The van der Waals surface area contributed by atoms with Crippen LogP contribution in [0.4, 0.5) is 0 Å². The lowest BCUT2D eigenvalue weighted by atomic mass is 10.1. The highest BCUT2D eigenvalue weighted by Crippen LogP contribution is 2.50. The molecule has 1 amide bonds. The second-order valence-corrected chi connectivity index (χ2v) is 6.86. The van der Waals surface area contributed by atoms with E-state index in [1.165, 1.54) is 0 Å². The first kappa shape index (κ1) is 15.4. The second-order valence-electron chi connectivity index (χ2n) is 6.45. The SMILES string of the molecule is CC(C)CN(C(=O)C1CC1c1ccccc1Cl)C(C)C. The highest BCUT2D eigenvalue weighted by Gasteiger charge is 2.46. The molecule has 0 saturated heterocycles. The predicted molar refractivity (Wildman–Crippen MR) is 84.0 cm³/mol. The molecular weight excluding hydrogens is 270 g/mol. The molecule has 0 N–H and O–H groups in total. The van der Waals surface area contributed by atoms with Crippen LogP contribution in [-0.2, 0) is 4.79 Å². The van der Waals surface area contributed by atoms with Crippen molar-refractivity contribution in [1.82, 2.24) is 4.90 Å². The summed E-state index contributed by atoms with van der Waals surface area (Å²) in [6.07, 6.45) is 0.934. The molecule has 0 aromatic heterocycles. The maximum atomic E-state index is 12.7. The number of rotatable bonds is 5. The Hall–Kier alpha value is -1.02. The van der Waals surface area contributed by atoms with Gasteiger partial charge in [-0.15, -0.1) is 0 Å². The molecule has 0 aliphatic heterocycles. The molecule has 0 bridgehead atoms. The molecule has 0 radical (unpaired) electrons. The minimum atomic E-state index is 0.121. The number of carbonyl (C=O) groups is 1. The van der Waals surface area contributed by atoms with Crippen molar-refractivity contribution >= 4 is 17.5 Å². The van der Waals surface area contributed by atoms with E-state index in [2.05, 4.69) is 27.7 Å². The summed E-state index contributed by atoms with van der Waals surface area (Å²) < 4.78 is 0. The van der Waals surface area contributed by atoms with Gasteiger partial charge < -0.3 is 4.90 Å². The number of hydrogen-bond donors (Lipinski definition) is 0. The van der Waals surface area contributed by atoms with Crippen molar-refractivity contribution in [1.29, 1.82) is 0 Å². The second kappa shape index (κ2) is 6.17. The Balaban J connectivity index is 2.06. The van der Waals surface area contributed by atoms with E-state index >= 15 is 0 Å². The van der Waals surface area contributed by atoms with Gasteiger partial charge in [0.05, 0.1) is 0 Å². The van der Waals surface area contributed by atoms with Gasteiger partial charge in [0.1, 0.15) is 0 Å². The van der Waals surface area contributed by atoms with Gasteiger partial charge in [0, 0.05) is 23.5 Å². The maximum absolute atomic E-state index is 12.7. The quantitative estimate of drug-likeness (QED) is 0.791. The number of carbonyl (C=O) groups excluding carboxylic acids is 1. The summed E-state index contributed by atoms with van der Waals surface area (Å²) in [7, 11) is 0. The third-order valence-corrected chi connectivity index (χ3v) is 4.22. The molecule has 1 aliphatic rings. The Kier molecular flexibility index (Phi) is 4.74. The van der Waals surface area contributed by atoms with Crippen LogP contribution in [0.15, 0.2) is 24.3 Å². The zero-order valence-electron chi connectivity index (χ0n) is 12.8. The smallest absolute Gasteiger partial charge is 0.226 e. The Labute approximate surface area is 127 Å². The van der Waals surface area contributed by atoms with Crippen LogP contribution in [0.1, 0.15) is 45.6 Å². The zero-order valence-corrected chi connectivity index (χ0v) is 13.5. The van der Waals surface area contributed by atoms with Crippen LogP contribution in [0.5, 0.6) is 0 Å². The molecule has 20 heavy (non-hydrogen) atoms. The summed E-state index contributed by atoms with van der Waals surface area (Å²) in [6, 6.07) is 8.14. The van der Waals surface area contributed by atoms with Crippen molar-refractivity contribution in [3.05, 3.63) is 34.9 Å². The van der Waals surface area contributed by atoms with Crippen molar-refractivity contribution in [2.75, 3.05) is 6.54 Å². The first-order chi connectivity index (χ1) is 9.41. The third-order valence-electron chi connectivity index (χ3n) is 3.88. The van der Waals surface area contributed by atoms with Gasteiger partial charge in [-0.3, -0.25) is 4.79 Å². The van der Waals surface area contributed by atoms with Gasteiger partial charge in [0.2, 0.25) is 5.91 Å². The lowest BCUT2D eigenvalue weighted by molar-refractivity contribution is -0.135. The molecule has 2 rings (SSSR count). The monoisotopic (exact) mass is 293 g/mol. The average molecular weight is 294 g/mol. The number of nitrogens with zero attached hydrogens (tertiary/aromatic N) is 1. The highest BCUT2D eigenvalue weighted by molar-refractivity contribution is 6.31. The number of halogens is 1. The van der Waals surface area contributed by atoms with E-state index in [1.807, 2.05) is 29.2 Å². The van der Waals surface area contributed by atoms with Gasteiger partial charge in [-0.25, -0.2) is 0 Å². The molecule has 1 fully saturated rings. The van der Waals surface area contributed by atoms with Crippen LogP contribution in [0.3, 0.4) is 0 Å². The van der Waals surface area contributed by atoms with Crippen molar-refractivity contribution in [3.63, 3.8) is 0 Å². The van der Waals surface area contributed by atoms with Crippen LogP contribution >= 0.6 is 11.6 Å². The molecule has 2 atom stereocenters.